The second-order valence-electron chi connectivity index (χ2n) is 5.32. The van der Waals surface area contributed by atoms with Crippen molar-refractivity contribution in [3.8, 4) is 0 Å². The van der Waals surface area contributed by atoms with Crippen molar-refractivity contribution in [1.82, 2.24) is 9.55 Å². The Bertz CT molecular complexity index is 848. The monoisotopic (exact) mass is 346 g/mol. The molecule has 1 unspecified atom stereocenters. The van der Waals surface area contributed by atoms with Gasteiger partial charge in [0.15, 0.2) is 28.0 Å². The van der Waals surface area contributed by atoms with Crippen LogP contribution in [0.4, 0.5) is 17.6 Å². The topological polar surface area (TPSA) is 58.0 Å². The molecule has 4 nitrogen and oxygen atoms in total. The maximum absolute atomic E-state index is 13.9. The molecule has 2 N–H and O–H groups in total. The van der Waals surface area contributed by atoms with Gasteiger partial charge in [-0.15, -0.1) is 0 Å². The van der Waals surface area contributed by atoms with Crippen LogP contribution in [0.15, 0.2) is 6.07 Å². The third-order valence-corrected chi connectivity index (χ3v) is 4.22. The van der Waals surface area contributed by atoms with Crippen molar-refractivity contribution in [3.63, 3.8) is 0 Å². The van der Waals surface area contributed by atoms with Gasteiger partial charge in [-0.1, -0.05) is 0 Å². The molecule has 1 aromatic heterocycles. The van der Waals surface area contributed by atoms with Crippen LogP contribution in [0.2, 0.25) is 0 Å². The molecule has 9 heteroatoms. The summed E-state index contributed by atoms with van der Waals surface area (Å²) < 4.78 is 56.3. The number of aromatic nitrogens is 2. The van der Waals surface area contributed by atoms with Gasteiger partial charge in [-0.3, -0.25) is 4.79 Å². The smallest absolute Gasteiger partial charge is 0.309 e. The Morgan fingerprint density at radius 2 is 1.91 bits per heavy atom. The molecule has 2 aromatic rings. The lowest BCUT2D eigenvalue weighted by atomic mass is 9.94. The summed E-state index contributed by atoms with van der Waals surface area (Å²) in [5.41, 5.74) is 0.121. The summed E-state index contributed by atoms with van der Waals surface area (Å²) in [6.07, 6.45) is -0.298. The molecular formula is C14H10F4N2O2S. The Labute approximate surface area is 132 Å². The number of halogens is 4. The van der Waals surface area contributed by atoms with Gasteiger partial charge >= 0.3 is 5.97 Å². The lowest BCUT2D eigenvalue weighted by molar-refractivity contribution is -0.136. The molecule has 23 heavy (non-hydrogen) atoms. The number of aromatic amines is 1. The van der Waals surface area contributed by atoms with Crippen LogP contribution in [0.25, 0.3) is 0 Å². The molecule has 0 radical (unpaired) electrons. The first kappa shape index (κ1) is 15.7. The summed E-state index contributed by atoms with van der Waals surface area (Å²) in [6, 6.07) is 0.158. The number of carbonyl (C=O) groups is 1. The molecule has 122 valence electrons. The molecule has 1 atom stereocenters. The van der Waals surface area contributed by atoms with E-state index in [1.54, 1.807) is 0 Å². The summed E-state index contributed by atoms with van der Waals surface area (Å²) in [7, 11) is 0. The van der Waals surface area contributed by atoms with Gasteiger partial charge in [0.1, 0.15) is 0 Å². The van der Waals surface area contributed by atoms with Gasteiger partial charge in [0, 0.05) is 35.5 Å². The second-order valence-corrected chi connectivity index (χ2v) is 5.71. The number of carboxylic acids is 1. The maximum Gasteiger partial charge on any atom is 0.309 e. The van der Waals surface area contributed by atoms with Crippen LogP contribution in [0.3, 0.4) is 0 Å². The van der Waals surface area contributed by atoms with Crippen LogP contribution in [-0.2, 0) is 24.2 Å². The third kappa shape index (κ3) is 2.54. The van der Waals surface area contributed by atoms with Gasteiger partial charge in [-0.25, -0.2) is 17.6 Å². The molecule has 0 saturated heterocycles. The van der Waals surface area contributed by atoms with E-state index in [1.807, 2.05) is 0 Å². The van der Waals surface area contributed by atoms with Crippen molar-refractivity contribution in [2.45, 2.75) is 25.3 Å². The lowest BCUT2D eigenvalue weighted by Gasteiger charge is -2.13. The van der Waals surface area contributed by atoms with E-state index in [-0.39, 0.29) is 30.2 Å². The van der Waals surface area contributed by atoms with E-state index in [4.69, 9.17) is 17.3 Å². The zero-order chi connectivity index (χ0) is 16.9. The molecule has 0 saturated carbocycles. The Morgan fingerprint density at radius 1 is 1.30 bits per heavy atom. The van der Waals surface area contributed by atoms with E-state index in [0.717, 1.165) is 0 Å². The number of aliphatic carboxylic acids is 1. The van der Waals surface area contributed by atoms with Crippen LogP contribution in [0.5, 0.6) is 0 Å². The van der Waals surface area contributed by atoms with Crippen LogP contribution < -0.4 is 0 Å². The molecule has 2 heterocycles. The highest BCUT2D eigenvalue weighted by Crippen LogP contribution is 2.36. The highest BCUT2D eigenvalue weighted by molar-refractivity contribution is 7.71. The van der Waals surface area contributed by atoms with Crippen LogP contribution >= 0.6 is 12.2 Å². The first-order chi connectivity index (χ1) is 10.8. The quantitative estimate of drug-likeness (QED) is 0.510. The van der Waals surface area contributed by atoms with Crippen molar-refractivity contribution in [1.29, 1.82) is 0 Å². The van der Waals surface area contributed by atoms with Crippen molar-refractivity contribution in [3.05, 3.63) is 51.1 Å². The minimum atomic E-state index is -1.47. The van der Waals surface area contributed by atoms with E-state index in [1.165, 1.54) is 4.57 Å². The van der Waals surface area contributed by atoms with Gasteiger partial charge in [-0.05, 0) is 18.6 Å². The van der Waals surface area contributed by atoms with Crippen LogP contribution in [-0.4, -0.2) is 20.6 Å². The minimum absolute atomic E-state index is 0.0149. The van der Waals surface area contributed by atoms with Gasteiger partial charge in [0.05, 0.1) is 6.42 Å². The van der Waals surface area contributed by atoms with Crippen LogP contribution in [0, 0.1) is 28.0 Å². The average molecular weight is 346 g/mol. The molecule has 3 rings (SSSR count). The second kappa shape index (κ2) is 5.48. The van der Waals surface area contributed by atoms with E-state index >= 15 is 0 Å². The predicted molar refractivity (Wildman–Crippen MR) is 73.7 cm³/mol. The number of benzene rings is 1. The number of rotatable bonds is 3. The number of imidazole rings is 1. The Morgan fingerprint density at radius 3 is 2.48 bits per heavy atom. The molecule has 1 aromatic carbocycles. The summed E-state index contributed by atoms with van der Waals surface area (Å²) >= 11 is 5.05. The zero-order valence-corrected chi connectivity index (χ0v) is 12.3. The standard InChI is InChI=1S/C14H10F4N2O2S/c15-6-2-7(16)13(18)11(12(6)17)5-1-9-8(3-10(21)22)19-14(23)20(9)4-5/h2,5H,1,3-4H2,(H,19,23)(H,21,22). The summed E-state index contributed by atoms with van der Waals surface area (Å²) in [4.78, 5) is 13.6. The predicted octanol–water partition coefficient (Wildman–Crippen LogP) is 3.07. The van der Waals surface area contributed by atoms with Crippen molar-refractivity contribution in [2.24, 2.45) is 0 Å². The number of H-pyrrole nitrogens is 1. The fraction of sp³-hybridized carbons (Fsp3) is 0.286. The average Bonchev–Trinajstić information content (AvgIpc) is 2.99. The summed E-state index contributed by atoms with van der Waals surface area (Å²) in [5.74, 6) is -7.76. The van der Waals surface area contributed by atoms with Crippen molar-refractivity contribution >= 4 is 18.2 Å². The van der Waals surface area contributed by atoms with Gasteiger partial charge < -0.3 is 14.7 Å². The number of nitrogens with one attached hydrogen (secondary N) is 1. The number of hydrogen-bond donors (Lipinski definition) is 2. The Balaban J connectivity index is 2.04. The highest BCUT2D eigenvalue weighted by Gasteiger charge is 2.33. The largest absolute Gasteiger partial charge is 0.481 e. The maximum atomic E-state index is 13.9. The van der Waals surface area contributed by atoms with Crippen molar-refractivity contribution < 1.29 is 27.5 Å². The first-order valence-electron chi connectivity index (χ1n) is 6.64. The first-order valence-corrected chi connectivity index (χ1v) is 7.05. The third-order valence-electron chi connectivity index (χ3n) is 3.90. The minimum Gasteiger partial charge on any atom is -0.481 e. The molecular weight excluding hydrogens is 336 g/mol. The lowest BCUT2D eigenvalue weighted by Crippen LogP contribution is -2.11. The SMILES string of the molecule is O=C(O)Cc1[nH]c(=S)n2c1CC(c1c(F)c(F)cc(F)c1F)C2. The highest BCUT2D eigenvalue weighted by atomic mass is 32.1. The van der Waals surface area contributed by atoms with E-state index < -0.39 is 40.7 Å². The summed E-state index contributed by atoms with van der Waals surface area (Å²) in [5, 5.41) is 8.87. The molecule has 0 amide bonds. The zero-order valence-electron chi connectivity index (χ0n) is 11.5. The van der Waals surface area contributed by atoms with Crippen molar-refractivity contribution in [2.75, 3.05) is 0 Å². The van der Waals surface area contributed by atoms with Gasteiger partial charge in [0.25, 0.3) is 0 Å². The molecule has 1 aliphatic heterocycles. The number of nitrogens with zero attached hydrogens (tertiary/aromatic N) is 1. The number of carboxylic acid groups (broad SMARTS) is 1. The fourth-order valence-electron chi connectivity index (χ4n) is 2.94. The van der Waals surface area contributed by atoms with Gasteiger partial charge in [-0.2, -0.15) is 0 Å². The normalized spacial score (nSPS) is 16.6. The fourth-order valence-corrected chi connectivity index (χ4v) is 3.25. The molecule has 0 bridgehead atoms. The number of hydrogen-bond acceptors (Lipinski definition) is 2. The molecule has 0 spiro atoms. The molecule has 0 aliphatic carbocycles. The van der Waals surface area contributed by atoms with E-state index in [2.05, 4.69) is 4.98 Å². The van der Waals surface area contributed by atoms with Crippen LogP contribution in [0.1, 0.15) is 22.9 Å². The number of fused-ring (bicyclic) bond motifs is 1. The molecule has 1 aliphatic rings. The summed E-state index contributed by atoms with van der Waals surface area (Å²) in [6.45, 7) is 0.0149. The molecule has 0 fully saturated rings. The Kier molecular flexibility index (Phi) is 3.75. The van der Waals surface area contributed by atoms with E-state index in [9.17, 15) is 22.4 Å². The van der Waals surface area contributed by atoms with E-state index in [0.29, 0.717) is 11.4 Å². The Hall–Kier alpha value is -2.16. The van der Waals surface area contributed by atoms with Gasteiger partial charge in [0.2, 0.25) is 0 Å².